The monoisotopic (exact) mass is 678 g/mol. The smallest absolute Gasteiger partial charge is 0.248 e. The summed E-state index contributed by atoms with van der Waals surface area (Å²) in [4.78, 5) is 41.4. The second-order valence-corrected chi connectivity index (χ2v) is 13.4. The number of aromatic nitrogens is 3. The molecule has 48 heavy (non-hydrogen) atoms. The Kier molecular flexibility index (Phi) is 9.30. The van der Waals surface area contributed by atoms with Crippen molar-refractivity contribution in [2.75, 3.05) is 25.0 Å². The van der Waals surface area contributed by atoms with Crippen LogP contribution in [-0.2, 0) is 35.4 Å². The van der Waals surface area contributed by atoms with E-state index in [9.17, 15) is 9.59 Å². The molecule has 10 heteroatoms. The van der Waals surface area contributed by atoms with Crippen LogP contribution in [0.4, 0.5) is 5.69 Å². The predicted octanol–water partition coefficient (Wildman–Crippen LogP) is 6.52. The zero-order valence-electron chi connectivity index (χ0n) is 26.7. The van der Waals surface area contributed by atoms with Crippen LogP contribution in [0.2, 0.25) is 10.0 Å². The number of fused-ring (bicyclic) bond motifs is 2. The molecule has 2 atom stereocenters. The molecule has 0 saturated carbocycles. The largest absolute Gasteiger partial charge is 0.333 e. The normalized spacial score (nSPS) is 17.7. The maximum atomic E-state index is 14.3. The Morgan fingerprint density at radius 3 is 2.50 bits per heavy atom. The highest BCUT2D eigenvalue weighted by atomic mass is 35.5. The number of imidazole rings is 1. The lowest BCUT2D eigenvalue weighted by molar-refractivity contribution is -0.142. The highest BCUT2D eigenvalue weighted by Crippen LogP contribution is 2.38. The van der Waals surface area contributed by atoms with Gasteiger partial charge in [0.05, 0.1) is 30.2 Å². The van der Waals surface area contributed by atoms with E-state index in [2.05, 4.69) is 27.3 Å². The standard InChI is InChI=1S/C38H36Cl2N6O2/c1-25-21-44(24-42-25)22-27-4-2-6-32(18-27)43-38(48)34-23-45(16-17-46(34)35(47)19-26-7-11-30(39)12-8-26)37-33-14-13-31(40)20-29(33)10-9-28-5-3-15-41-36(28)37/h2-8,11-15,18,20-21,24,34,37H,9-10,16-17,19,22-23H2,1H3,(H,43,48)/t34-,37+/m1/s1. The molecule has 2 amide bonds. The molecular formula is C38H36Cl2N6O2. The quantitative estimate of drug-likeness (QED) is 0.212. The number of hydrogen-bond donors (Lipinski definition) is 1. The van der Waals surface area contributed by atoms with Crippen LogP contribution in [0, 0.1) is 6.92 Å². The molecule has 1 N–H and O–H groups in total. The molecule has 0 radical (unpaired) electrons. The van der Waals surface area contributed by atoms with Crippen molar-refractivity contribution in [3.05, 3.63) is 147 Å². The summed E-state index contributed by atoms with van der Waals surface area (Å²) in [6.07, 6.45) is 7.50. The van der Waals surface area contributed by atoms with E-state index in [-0.39, 0.29) is 24.3 Å². The van der Waals surface area contributed by atoms with Crippen molar-refractivity contribution in [1.29, 1.82) is 0 Å². The van der Waals surface area contributed by atoms with Gasteiger partial charge in [0.25, 0.3) is 0 Å². The number of carbonyl (C=O) groups excluding carboxylic acids is 2. The van der Waals surface area contributed by atoms with Crippen molar-refractivity contribution in [2.24, 2.45) is 0 Å². The lowest BCUT2D eigenvalue weighted by Gasteiger charge is -2.44. The molecule has 244 valence electrons. The third-order valence-corrected chi connectivity index (χ3v) is 9.73. The SMILES string of the molecule is Cc1cn(Cc2cccc(NC(=O)[C@H]3CN([C@H]4c5ccc(Cl)cc5CCc5cccnc54)CCN3C(=O)Cc3ccc(Cl)cc3)c2)cn1. The lowest BCUT2D eigenvalue weighted by Crippen LogP contribution is -2.60. The predicted molar refractivity (Wildman–Crippen MR) is 188 cm³/mol. The third kappa shape index (κ3) is 7.02. The highest BCUT2D eigenvalue weighted by molar-refractivity contribution is 6.30. The number of piperazine rings is 1. The van der Waals surface area contributed by atoms with Gasteiger partial charge in [0.1, 0.15) is 6.04 Å². The van der Waals surface area contributed by atoms with Gasteiger partial charge >= 0.3 is 0 Å². The number of halogens is 2. The summed E-state index contributed by atoms with van der Waals surface area (Å²) in [7, 11) is 0. The molecule has 2 aliphatic rings. The van der Waals surface area contributed by atoms with E-state index in [4.69, 9.17) is 28.2 Å². The van der Waals surface area contributed by atoms with Gasteiger partial charge in [0.15, 0.2) is 0 Å². The van der Waals surface area contributed by atoms with E-state index >= 15 is 0 Å². The molecular weight excluding hydrogens is 643 g/mol. The van der Waals surface area contributed by atoms with Crippen LogP contribution in [0.25, 0.3) is 0 Å². The minimum absolute atomic E-state index is 0.104. The Morgan fingerprint density at radius 2 is 1.69 bits per heavy atom. The average molecular weight is 680 g/mol. The van der Waals surface area contributed by atoms with E-state index in [0.717, 1.165) is 40.9 Å². The first kappa shape index (κ1) is 32.1. The summed E-state index contributed by atoms with van der Waals surface area (Å²) in [5, 5.41) is 4.46. The number of nitrogens with zero attached hydrogens (tertiary/aromatic N) is 5. The van der Waals surface area contributed by atoms with E-state index in [1.165, 1.54) is 11.1 Å². The van der Waals surface area contributed by atoms with E-state index < -0.39 is 6.04 Å². The Morgan fingerprint density at radius 1 is 0.875 bits per heavy atom. The van der Waals surface area contributed by atoms with Crippen molar-refractivity contribution in [3.8, 4) is 0 Å². The summed E-state index contributed by atoms with van der Waals surface area (Å²) >= 11 is 12.6. The summed E-state index contributed by atoms with van der Waals surface area (Å²) in [6, 6.07) is 24.3. The Bertz CT molecular complexity index is 1960. The number of amides is 2. The first-order valence-electron chi connectivity index (χ1n) is 16.2. The van der Waals surface area contributed by atoms with Crippen molar-refractivity contribution in [3.63, 3.8) is 0 Å². The molecule has 7 rings (SSSR count). The summed E-state index contributed by atoms with van der Waals surface area (Å²) in [5.74, 6) is -0.334. The fraction of sp³-hybridized carbons (Fsp3) is 0.263. The minimum atomic E-state index is -0.732. The first-order valence-corrected chi connectivity index (χ1v) is 16.9. The molecule has 1 saturated heterocycles. The zero-order chi connectivity index (χ0) is 33.2. The number of rotatable bonds is 7. The molecule has 3 heterocycles. The number of anilines is 1. The Balaban J connectivity index is 1.19. The molecule has 3 aromatic carbocycles. The van der Waals surface area contributed by atoms with Gasteiger partial charge in [-0.05, 0) is 90.0 Å². The van der Waals surface area contributed by atoms with Gasteiger partial charge in [-0.25, -0.2) is 4.98 Å². The number of nitrogens with one attached hydrogen (secondary N) is 1. The second kappa shape index (κ2) is 13.9. The van der Waals surface area contributed by atoms with Crippen LogP contribution in [0.15, 0.2) is 97.6 Å². The number of aryl methyl sites for hydroxylation is 3. The van der Waals surface area contributed by atoms with Gasteiger partial charge < -0.3 is 14.8 Å². The number of benzene rings is 3. The van der Waals surface area contributed by atoms with Crippen LogP contribution in [0.3, 0.4) is 0 Å². The summed E-state index contributed by atoms with van der Waals surface area (Å²) in [5.41, 5.74) is 7.99. The van der Waals surface area contributed by atoms with Crippen LogP contribution >= 0.6 is 23.2 Å². The number of carbonyl (C=O) groups is 2. The average Bonchev–Trinajstić information content (AvgIpc) is 3.42. The second-order valence-electron chi connectivity index (χ2n) is 12.6. The maximum Gasteiger partial charge on any atom is 0.248 e. The minimum Gasteiger partial charge on any atom is -0.333 e. The van der Waals surface area contributed by atoms with E-state index in [1.807, 2.05) is 78.5 Å². The van der Waals surface area contributed by atoms with Crippen LogP contribution in [0.5, 0.6) is 0 Å². The van der Waals surface area contributed by atoms with Gasteiger partial charge in [-0.1, -0.05) is 59.6 Å². The molecule has 1 fully saturated rings. The molecule has 0 spiro atoms. The molecule has 1 aliphatic carbocycles. The van der Waals surface area contributed by atoms with Crippen molar-refractivity contribution >= 4 is 40.7 Å². The van der Waals surface area contributed by atoms with E-state index in [1.54, 1.807) is 23.4 Å². The van der Waals surface area contributed by atoms with Gasteiger partial charge in [-0.15, -0.1) is 0 Å². The fourth-order valence-electron chi connectivity index (χ4n) is 6.93. The number of hydrogen-bond acceptors (Lipinski definition) is 5. The maximum absolute atomic E-state index is 14.3. The molecule has 8 nitrogen and oxygen atoms in total. The third-order valence-electron chi connectivity index (χ3n) is 9.24. The highest BCUT2D eigenvalue weighted by Gasteiger charge is 2.40. The molecule has 0 unspecified atom stereocenters. The van der Waals surface area contributed by atoms with Gasteiger partial charge in [-0.3, -0.25) is 19.5 Å². The molecule has 5 aromatic rings. The van der Waals surface area contributed by atoms with Crippen LogP contribution in [0.1, 0.15) is 45.2 Å². The van der Waals surface area contributed by atoms with Gasteiger partial charge in [0, 0.05) is 54.3 Å². The van der Waals surface area contributed by atoms with Crippen LogP contribution in [-0.4, -0.2) is 61.8 Å². The zero-order valence-corrected chi connectivity index (χ0v) is 28.2. The van der Waals surface area contributed by atoms with Crippen molar-refractivity contribution < 1.29 is 9.59 Å². The van der Waals surface area contributed by atoms with Gasteiger partial charge in [-0.2, -0.15) is 0 Å². The topological polar surface area (TPSA) is 83.4 Å². The van der Waals surface area contributed by atoms with Crippen molar-refractivity contribution in [2.45, 2.75) is 44.8 Å². The summed E-state index contributed by atoms with van der Waals surface area (Å²) in [6.45, 7) is 3.91. The van der Waals surface area contributed by atoms with E-state index in [0.29, 0.717) is 41.9 Å². The van der Waals surface area contributed by atoms with Gasteiger partial charge in [0.2, 0.25) is 11.8 Å². The Hall–Kier alpha value is -4.50. The first-order chi connectivity index (χ1) is 23.3. The molecule has 1 aliphatic heterocycles. The van der Waals surface area contributed by atoms with Crippen molar-refractivity contribution in [1.82, 2.24) is 24.3 Å². The molecule has 0 bridgehead atoms. The molecule has 2 aromatic heterocycles. The Labute approximate surface area is 290 Å². The number of pyridine rings is 1. The lowest BCUT2D eigenvalue weighted by atomic mass is 9.95. The summed E-state index contributed by atoms with van der Waals surface area (Å²) < 4.78 is 2.01. The van der Waals surface area contributed by atoms with Crippen LogP contribution < -0.4 is 5.32 Å². The fourth-order valence-corrected chi connectivity index (χ4v) is 7.26.